The molecule has 1 heterocycles. The lowest BCUT2D eigenvalue weighted by Gasteiger charge is -2.30. The van der Waals surface area contributed by atoms with E-state index >= 15 is 0 Å². The van der Waals surface area contributed by atoms with Crippen molar-refractivity contribution < 1.29 is 4.74 Å². The van der Waals surface area contributed by atoms with Crippen molar-refractivity contribution in [2.45, 2.75) is 52.1 Å². The summed E-state index contributed by atoms with van der Waals surface area (Å²) in [5.41, 5.74) is 0.546. The van der Waals surface area contributed by atoms with E-state index in [1.807, 2.05) is 19.1 Å². The molecule has 4 nitrogen and oxygen atoms in total. The molecule has 1 aliphatic heterocycles. The molecule has 0 saturated heterocycles. The molecule has 0 fully saturated rings. The van der Waals surface area contributed by atoms with Crippen LogP contribution in [-0.2, 0) is 4.74 Å². The van der Waals surface area contributed by atoms with Gasteiger partial charge in [0.2, 0.25) is 0 Å². The van der Waals surface area contributed by atoms with Crippen LogP contribution in [-0.4, -0.2) is 5.60 Å². The SMILES string of the molecule is CCCC1(CCC)OC(=C(C#N)C#N)C(C#N)=C1C. The molecule has 1 rings (SSSR count). The summed E-state index contributed by atoms with van der Waals surface area (Å²) >= 11 is 0. The number of nitrogens with zero attached hydrogens (tertiary/aromatic N) is 3. The first-order valence-electron chi connectivity index (χ1n) is 6.45. The van der Waals surface area contributed by atoms with Crippen LogP contribution in [0.4, 0.5) is 0 Å². The molecule has 0 saturated carbocycles. The molecule has 0 aliphatic carbocycles. The van der Waals surface area contributed by atoms with E-state index in [0.717, 1.165) is 31.3 Å². The second-order valence-electron chi connectivity index (χ2n) is 4.64. The van der Waals surface area contributed by atoms with E-state index in [1.165, 1.54) is 0 Å². The molecule has 0 aromatic heterocycles. The minimum Gasteiger partial charge on any atom is -0.479 e. The third-order valence-corrected chi connectivity index (χ3v) is 3.45. The van der Waals surface area contributed by atoms with Crippen LogP contribution in [0.5, 0.6) is 0 Å². The number of rotatable bonds is 4. The number of hydrogen-bond acceptors (Lipinski definition) is 4. The first-order valence-corrected chi connectivity index (χ1v) is 6.45. The van der Waals surface area contributed by atoms with Crippen LogP contribution in [0, 0.1) is 34.0 Å². The average Bonchev–Trinajstić information content (AvgIpc) is 2.66. The highest BCUT2D eigenvalue weighted by atomic mass is 16.5. The summed E-state index contributed by atoms with van der Waals surface area (Å²) in [6.45, 7) is 5.97. The van der Waals surface area contributed by atoms with Gasteiger partial charge in [-0.05, 0) is 25.3 Å². The maximum atomic E-state index is 9.27. The first-order chi connectivity index (χ1) is 9.10. The Hall–Kier alpha value is -2.25. The predicted molar refractivity (Wildman–Crippen MR) is 70.2 cm³/mol. The highest BCUT2D eigenvalue weighted by Crippen LogP contribution is 2.44. The van der Waals surface area contributed by atoms with Crippen molar-refractivity contribution in [3.63, 3.8) is 0 Å². The minimum absolute atomic E-state index is 0.120. The van der Waals surface area contributed by atoms with Crippen molar-refractivity contribution in [2.75, 3.05) is 0 Å². The largest absolute Gasteiger partial charge is 0.479 e. The summed E-state index contributed by atoms with van der Waals surface area (Å²) in [6.07, 6.45) is 3.40. The maximum absolute atomic E-state index is 9.27. The fourth-order valence-electron chi connectivity index (χ4n) is 2.57. The zero-order chi connectivity index (χ0) is 14.5. The Morgan fingerprint density at radius 3 is 2.00 bits per heavy atom. The highest BCUT2D eigenvalue weighted by Gasteiger charge is 2.43. The summed E-state index contributed by atoms with van der Waals surface area (Å²) in [5, 5.41) is 27.2. The fraction of sp³-hybridized carbons (Fsp3) is 0.533. The first kappa shape index (κ1) is 14.8. The van der Waals surface area contributed by atoms with Crippen LogP contribution >= 0.6 is 0 Å². The molecule has 19 heavy (non-hydrogen) atoms. The van der Waals surface area contributed by atoms with Crippen molar-refractivity contribution in [3.8, 4) is 18.2 Å². The molecular formula is C15H17N3O. The topological polar surface area (TPSA) is 80.6 Å². The lowest BCUT2D eigenvalue weighted by atomic mass is 9.85. The Balaban J connectivity index is 3.44. The Bertz CT molecular complexity index is 527. The van der Waals surface area contributed by atoms with E-state index < -0.39 is 5.60 Å². The third-order valence-electron chi connectivity index (χ3n) is 3.45. The van der Waals surface area contributed by atoms with Crippen LogP contribution < -0.4 is 0 Å². The van der Waals surface area contributed by atoms with Crippen molar-refractivity contribution in [1.82, 2.24) is 0 Å². The van der Waals surface area contributed by atoms with Gasteiger partial charge in [0.1, 0.15) is 23.8 Å². The molecule has 0 unspecified atom stereocenters. The van der Waals surface area contributed by atoms with E-state index in [2.05, 4.69) is 19.9 Å². The molecule has 0 aromatic carbocycles. The summed E-state index contributed by atoms with van der Waals surface area (Å²) in [6, 6.07) is 5.70. The zero-order valence-electron chi connectivity index (χ0n) is 11.6. The van der Waals surface area contributed by atoms with Gasteiger partial charge in [-0.15, -0.1) is 0 Å². The number of ether oxygens (including phenoxy) is 1. The van der Waals surface area contributed by atoms with Crippen LogP contribution in [0.15, 0.2) is 22.5 Å². The summed E-state index contributed by atoms with van der Waals surface area (Å²) in [5.74, 6) is 0.159. The highest BCUT2D eigenvalue weighted by molar-refractivity contribution is 5.57. The average molecular weight is 255 g/mol. The van der Waals surface area contributed by atoms with E-state index in [1.54, 1.807) is 0 Å². The molecule has 0 N–H and O–H groups in total. The monoisotopic (exact) mass is 255 g/mol. The molecule has 0 radical (unpaired) electrons. The van der Waals surface area contributed by atoms with Gasteiger partial charge in [-0.3, -0.25) is 0 Å². The Labute approximate surface area is 114 Å². The Morgan fingerprint density at radius 2 is 1.63 bits per heavy atom. The second-order valence-corrected chi connectivity index (χ2v) is 4.64. The summed E-state index contributed by atoms with van der Waals surface area (Å²) in [7, 11) is 0. The normalized spacial score (nSPS) is 16.3. The van der Waals surface area contributed by atoms with E-state index in [4.69, 9.17) is 15.3 Å². The van der Waals surface area contributed by atoms with Gasteiger partial charge in [0.25, 0.3) is 0 Å². The smallest absolute Gasteiger partial charge is 0.172 e. The van der Waals surface area contributed by atoms with Gasteiger partial charge in [0.05, 0.1) is 5.57 Å². The second kappa shape index (κ2) is 6.07. The number of allylic oxidation sites excluding steroid dienone is 2. The zero-order valence-corrected chi connectivity index (χ0v) is 11.6. The number of nitriles is 3. The molecular weight excluding hydrogens is 238 g/mol. The van der Waals surface area contributed by atoms with Gasteiger partial charge in [-0.1, -0.05) is 26.7 Å². The third kappa shape index (κ3) is 2.47. The van der Waals surface area contributed by atoms with Crippen LogP contribution in [0.25, 0.3) is 0 Å². The van der Waals surface area contributed by atoms with Gasteiger partial charge in [-0.2, -0.15) is 15.8 Å². The molecule has 1 aliphatic rings. The number of hydrogen-bond donors (Lipinski definition) is 0. The molecule has 0 atom stereocenters. The summed E-state index contributed by atoms with van der Waals surface area (Å²) < 4.78 is 5.93. The van der Waals surface area contributed by atoms with Crippen LogP contribution in [0.1, 0.15) is 46.5 Å². The van der Waals surface area contributed by atoms with Crippen molar-refractivity contribution in [3.05, 3.63) is 22.5 Å². The quantitative estimate of drug-likeness (QED) is 0.720. The molecule has 0 amide bonds. The van der Waals surface area contributed by atoms with Crippen molar-refractivity contribution in [2.24, 2.45) is 0 Å². The molecule has 4 heteroatoms. The van der Waals surface area contributed by atoms with Gasteiger partial charge in [0.15, 0.2) is 11.3 Å². The van der Waals surface area contributed by atoms with E-state index in [-0.39, 0.29) is 11.3 Å². The van der Waals surface area contributed by atoms with Crippen LogP contribution in [0.2, 0.25) is 0 Å². The van der Waals surface area contributed by atoms with Gasteiger partial charge >= 0.3 is 0 Å². The molecule has 98 valence electrons. The Kier molecular flexibility index (Phi) is 4.74. The lowest BCUT2D eigenvalue weighted by Crippen LogP contribution is -2.29. The molecule has 0 bridgehead atoms. The van der Waals surface area contributed by atoms with E-state index in [9.17, 15) is 5.26 Å². The van der Waals surface area contributed by atoms with E-state index in [0.29, 0.717) is 5.57 Å². The standard InChI is InChI=1S/C15H17N3O/c1-4-6-15(7-5-2)11(3)13(10-18)14(19-15)12(8-16)9-17/h4-7H2,1-3H3. The fourth-order valence-corrected chi connectivity index (χ4v) is 2.57. The predicted octanol–water partition coefficient (Wildman–Crippen LogP) is 3.50. The van der Waals surface area contributed by atoms with Gasteiger partial charge in [0, 0.05) is 0 Å². The maximum Gasteiger partial charge on any atom is 0.172 e. The van der Waals surface area contributed by atoms with Gasteiger partial charge in [-0.25, -0.2) is 0 Å². The van der Waals surface area contributed by atoms with Crippen molar-refractivity contribution >= 4 is 0 Å². The van der Waals surface area contributed by atoms with Crippen LogP contribution in [0.3, 0.4) is 0 Å². The summed E-state index contributed by atoms with van der Waals surface area (Å²) in [4.78, 5) is 0. The minimum atomic E-state index is -0.525. The van der Waals surface area contributed by atoms with Crippen molar-refractivity contribution in [1.29, 1.82) is 15.8 Å². The lowest BCUT2D eigenvalue weighted by molar-refractivity contribution is 0.0395. The van der Waals surface area contributed by atoms with Gasteiger partial charge < -0.3 is 4.74 Å². The Morgan fingerprint density at radius 1 is 1.11 bits per heavy atom. The molecule has 0 aromatic rings. The molecule has 0 spiro atoms.